The third-order valence-corrected chi connectivity index (χ3v) is 3.24. The SMILES string of the molecule is COc1n[nH]c(-c2nnc(Cc3cccc(Cl)c3)o2)c1[N+](=O)[O-]. The van der Waals surface area contributed by atoms with Crippen molar-refractivity contribution in [2.24, 2.45) is 0 Å². The van der Waals surface area contributed by atoms with Crippen LogP contribution in [0, 0.1) is 10.1 Å². The standard InChI is InChI=1S/C13H10ClN5O4/c1-22-13-11(19(20)21)10(16-18-13)12-17-15-9(23-12)6-7-3-2-4-8(14)5-7/h2-5H,6H2,1H3,(H,16,18). The van der Waals surface area contributed by atoms with Gasteiger partial charge < -0.3 is 9.15 Å². The van der Waals surface area contributed by atoms with Gasteiger partial charge in [-0.1, -0.05) is 23.7 Å². The zero-order valence-electron chi connectivity index (χ0n) is 11.8. The molecule has 2 aromatic heterocycles. The van der Waals surface area contributed by atoms with Crippen LogP contribution < -0.4 is 4.74 Å². The minimum absolute atomic E-state index is 0.00306. The third kappa shape index (κ3) is 2.99. The van der Waals surface area contributed by atoms with Crippen molar-refractivity contribution in [3.05, 3.63) is 50.9 Å². The highest BCUT2D eigenvalue weighted by molar-refractivity contribution is 6.30. The lowest BCUT2D eigenvalue weighted by molar-refractivity contribution is -0.385. The Morgan fingerprint density at radius 3 is 2.96 bits per heavy atom. The van der Waals surface area contributed by atoms with E-state index in [4.69, 9.17) is 20.8 Å². The van der Waals surface area contributed by atoms with Crippen LogP contribution in [0.2, 0.25) is 5.02 Å². The zero-order valence-corrected chi connectivity index (χ0v) is 12.6. The summed E-state index contributed by atoms with van der Waals surface area (Å²) in [5.41, 5.74) is 0.520. The molecule has 1 N–H and O–H groups in total. The van der Waals surface area contributed by atoms with Crippen molar-refractivity contribution in [1.29, 1.82) is 0 Å². The smallest absolute Gasteiger partial charge is 0.362 e. The summed E-state index contributed by atoms with van der Waals surface area (Å²) >= 11 is 5.92. The Hall–Kier alpha value is -2.94. The molecule has 0 fully saturated rings. The van der Waals surface area contributed by atoms with Crippen molar-refractivity contribution >= 4 is 17.3 Å². The van der Waals surface area contributed by atoms with Crippen molar-refractivity contribution in [3.63, 3.8) is 0 Å². The topological polar surface area (TPSA) is 120 Å². The van der Waals surface area contributed by atoms with Crippen molar-refractivity contribution < 1.29 is 14.1 Å². The molecular weight excluding hydrogens is 326 g/mol. The highest BCUT2D eigenvalue weighted by Crippen LogP contribution is 2.34. The number of hydrogen-bond donors (Lipinski definition) is 1. The minimum Gasteiger partial charge on any atom is -0.475 e. The molecule has 3 rings (SSSR count). The minimum atomic E-state index is -0.626. The van der Waals surface area contributed by atoms with Crippen LogP contribution in [0.5, 0.6) is 5.88 Å². The van der Waals surface area contributed by atoms with Gasteiger partial charge in [-0.15, -0.1) is 15.3 Å². The van der Waals surface area contributed by atoms with Gasteiger partial charge in [0, 0.05) is 5.02 Å². The average Bonchev–Trinajstić information content (AvgIpc) is 3.13. The van der Waals surface area contributed by atoms with Crippen LogP contribution >= 0.6 is 11.6 Å². The van der Waals surface area contributed by atoms with Crippen LogP contribution in [-0.4, -0.2) is 32.4 Å². The number of aromatic amines is 1. The van der Waals surface area contributed by atoms with Gasteiger partial charge in [-0.05, 0) is 17.7 Å². The average molecular weight is 336 g/mol. The van der Waals surface area contributed by atoms with Crippen molar-refractivity contribution in [2.75, 3.05) is 7.11 Å². The van der Waals surface area contributed by atoms with E-state index in [-0.39, 0.29) is 23.2 Å². The van der Waals surface area contributed by atoms with Gasteiger partial charge in [-0.25, -0.2) is 0 Å². The second-order valence-corrected chi connectivity index (χ2v) is 4.96. The van der Waals surface area contributed by atoms with E-state index < -0.39 is 4.92 Å². The fourth-order valence-corrected chi connectivity index (χ4v) is 2.24. The summed E-state index contributed by atoms with van der Waals surface area (Å²) in [6.07, 6.45) is 0.354. The fourth-order valence-electron chi connectivity index (χ4n) is 2.03. The third-order valence-electron chi connectivity index (χ3n) is 3.01. The number of benzene rings is 1. The van der Waals surface area contributed by atoms with Gasteiger partial charge in [-0.2, -0.15) is 0 Å². The number of nitrogens with one attached hydrogen (secondary N) is 1. The monoisotopic (exact) mass is 335 g/mol. The fraction of sp³-hybridized carbons (Fsp3) is 0.154. The van der Waals surface area contributed by atoms with Crippen LogP contribution in [0.3, 0.4) is 0 Å². The van der Waals surface area contributed by atoms with Crippen LogP contribution in [0.1, 0.15) is 11.5 Å². The lowest BCUT2D eigenvalue weighted by atomic mass is 10.1. The van der Waals surface area contributed by atoms with Crippen LogP contribution in [0.4, 0.5) is 5.69 Å². The number of aromatic nitrogens is 4. The predicted molar refractivity (Wildman–Crippen MR) is 79.3 cm³/mol. The van der Waals surface area contributed by atoms with E-state index in [2.05, 4.69) is 20.4 Å². The van der Waals surface area contributed by atoms with E-state index in [1.165, 1.54) is 7.11 Å². The summed E-state index contributed by atoms with van der Waals surface area (Å²) in [5, 5.41) is 25.6. The van der Waals surface area contributed by atoms with Crippen LogP contribution in [0.15, 0.2) is 28.7 Å². The summed E-state index contributed by atoms with van der Waals surface area (Å²) < 4.78 is 10.3. The first-order chi connectivity index (χ1) is 11.1. The molecule has 23 heavy (non-hydrogen) atoms. The van der Waals surface area contributed by atoms with Crippen LogP contribution in [0.25, 0.3) is 11.6 Å². The largest absolute Gasteiger partial charge is 0.475 e. The molecule has 0 unspecified atom stereocenters. The maximum Gasteiger partial charge on any atom is 0.362 e. The molecule has 0 saturated carbocycles. The van der Waals surface area contributed by atoms with Gasteiger partial charge in [-0.3, -0.25) is 15.2 Å². The molecule has 0 aliphatic rings. The molecule has 0 radical (unpaired) electrons. The molecule has 118 valence electrons. The lowest BCUT2D eigenvalue weighted by Gasteiger charge is -1.97. The molecule has 0 bridgehead atoms. The number of methoxy groups -OCH3 is 1. The van der Waals surface area contributed by atoms with Gasteiger partial charge in [0.15, 0.2) is 0 Å². The Bertz CT molecular complexity index is 860. The molecule has 0 aliphatic heterocycles. The van der Waals surface area contributed by atoms with E-state index in [1.54, 1.807) is 18.2 Å². The Morgan fingerprint density at radius 1 is 1.43 bits per heavy atom. The zero-order chi connectivity index (χ0) is 16.4. The van der Waals surface area contributed by atoms with Crippen molar-refractivity contribution in [1.82, 2.24) is 20.4 Å². The van der Waals surface area contributed by atoms with E-state index in [0.717, 1.165) is 5.56 Å². The van der Waals surface area contributed by atoms with E-state index in [1.807, 2.05) is 6.07 Å². The Kier molecular flexibility index (Phi) is 3.94. The van der Waals surface area contributed by atoms with Gasteiger partial charge in [0.25, 0.3) is 5.89 Å². The summed E-state index contributed by atoms with van der Waals surface area (Å²) in [4.78, 5) is 10.5. The van der Waals surface area contributed by atoms with Gasteiger partial charge >= 0.3 is 11.6 Å². The number of H-pyrrole nitrogens is 1. The first-order valence-electron chi connectivity index (χ1n) is 6.42. The quantitative estimate of drug-likeness (QED) is 0.562. The summed E-state index contributed by atoms with van der Waals surface area (Å²) in [7, 11) is 1.28. The molecule has 1 aromatic carbocycles. The van der Waals surface area contributed by atoms with E-state index in [9.17, 15) is 10.1 Å². The first kappa shape index (κ1) is 15.0. The number of nitro groups is 1. The van der Waals surface area contributed by atoms with Crippen LogP contribution in [-0.2, 0) is 6.42 Å². The van der Waals surface area contributed by atoms with Gasteiger partial charge in [0.2, 0.25) is 11.6 Å². The highest BCUT2D eigenvalue weighted by atomic mass is 35.5. The van der Waals surface area contributed by atoms with Crippen molar-refractivity contribution in [3.8, 4) is 17.5 Å². The maximum absolute atomic E-state index is 11.1. The second kappa shape index (κ2) is 6.05. The maximum atomic E-state index is 11.1. The molecule has 3 aromatic rings. The van der Waals surface area contributed by atoms with E-state index >= 15 is 0 Å². The molecule has 9 nitrogen and oxygen atoms in total. The number of ether oxygens (including phenoxy) is 1. The number of nitrogens with zero attached hydrogens (tertiary/aromatic N) is 4. The van der Waals surface area contributed by atoms with Gasteiger partial charge in [0.1, 0.15) is 0 Å². The summed E-state index contributed by atoms with van der Waals surface area (Å²) in [6, 6.07) is 7.19. The van der Waals surface area contributed by atoms with E-state index in [0.29, 0.717) is 17.3 Å². The summed E-state index contributed by atoms with van der Waals surface area (Å²) in [5.74, 6) is 0.106. The Balaban J connectivity index is 1.91. The number of rotatable bonds is 5. The molecule has 0 amide bonds. The Labute approximate surface area is 134 Å². The first-order valence-corrected chi connectivity index (χ1v) is 6.80. The second-order valence-electron chi connectivity index (χ2n) is 4.52. The normalized spacial score (nSPS) is 10.7. The molecule has 0 spiro atoms. The number of hydrogen-bond acceptors (Lipinski definition) is 7. The lowest BCUT2D eigenvalue weighted by Crippen LogP contribution is -1.93. The highest BCUT2D eigenvalue weighted by Gasteiger charge is 2.30. The van der Waals surface area contributed by atoms with Crippen molar-refractivity contribution in [2.45, 2.75) is 6.42 Å². The molecular formula is C13H10ClN5O4. The predicted octanol–water partition coefficient (Wildman–Crippen LogP) is 2.62. The molecule has 10 heteroatoms. The molecule has 2 heterocycles. The summed E-state index contributed by atoms with van der Waals surface area (Å²) in [6.45, 7) is 0. The molecule has 0 atom stereocenters. The number of halogens is 1. The van der Waals surface area contributed by atoms with Gasteiger partial charge in [0.05, 0.1) is 18.5 Å². The molecule has 0 aliphatic carbocycles. The Morgan fingerprint density at radius 2 is 2.26 bits per heavy atom. The molecule has 0 saturated heterocycles.